The van der Waals surface area contributed by atoms with Crippen molar-refractivity contribution in [2.24, 2.45) is 5.10 Å². The summed E-state index contributed by atoms with van der Waals surface area (Å²) in [5.41, 5.74) is 0.480. The molecule has 1 aliphatic heterocycles. The molecule has 4 rings (SSSR count). The molecule has 0 amide bonds. The first kappa shape index (κ1) is 17.9. The zero-order chi connectivity index (χ0) is 18.9. The fourth-order valence-electron chi connectivity index (χ4n) is 2.81. The molecule has 1 saturated heterocycles. The molecular formula is C19H16ClF2N3O2. The maximum Gasteiger partial charge on any atom is 0.366 e. The van der Waals surface area contributed by atoms with E-state index in [0.717, 1.165) is 0 Å². The van der Waals surface area contributed by atoms with Gasteiger partial charge in [0.05, 0.1) is 26.3 Å². The van der Waals surface area contributed by atoms with E-state index >= 15 is 8.78 Å². The van der Waals surface area contributed by atoms with E-state index in [-0.39, 0.29) is 5.56 Å². The molecule has 0 radical (unpaired) electrons. The molecule has 8 heteroatoms. The predicted octanol–water partition coefficient (Wildman–Crippen LogP) is 4.31. The second-order valence-corrected chi connectivity index (χ2v) is 6.52. The van der Waals surface area contributed by atoms with Crippen LogP contribution in [0.4, 0.5) is 8.78 Å². The van der Waals surface area contributed by atoms with Crippen molar-refractivity contribution in [3.63, 3.8) is 0 Å². The number of oxazole rings is 1. The summed E-state index contributed by atoms with van der Waals surface area (Å²) in [6.45, 7) is 1.74. The summed E-state index contributed by atoms with van der Waals surface area (Å²) in [4.78, 5) is 3.97. The lowest BCUT2D eigenvalue weighted by Crippen LogP contribution is -2.36. The first-order valence-electron chi connectivity index (χ1n) is 8.45. The van der Waals surface area contributed by atoms with Gasteiger partial charge in [0, 0.05) is 10.6 Å². The summed E-state index contributed by atoms with van der Waals surface area (Å²) in [5.74, 6) is -4.21. The Labute approximate surface area is 159 Å². The SMILES string of the molecule is FC(F)(/C(=N/N1CCOCC1)c1ccc(Cl)cc1)c1nc2ccccc2o1. The van der Waals surface area contributed by atoms with Crippen molar-refractivity contribution in [3.05, 3.63) is 65.0 Å². The Balaban J connectivity index is 1.80. The highest BCUT2D eigenvalue weighted by Crippen LogP contribution is 2.34. The van der Waals surface area contributed by atoms with Gasteiger partial charge in [-0.15, -0.1) is 0 Å². The molecule has 0 aliphatic carbocycles. The number of nitrogens with zero attached hydrogens (tertiary/aromatic N) is 3. The minimum absolute atomic E-state index is 0.248. The first-order chi connectivity index (χ1) is 13.0. The lowest BCUT2D eigenvalue weighted by Gasteiger charge is -2.26. The summed E-state index contributed by atoms with van der Waals surface area (Å²) in [6, 6.07) is 12.8. The maximum absolute atomic E-state index is 15.4. The highest BCUT2D eigenvalue weighted by atomic mass is 35.5. The Morgan fingerprint density at radius 2 is 1.78 bits per heavy atom. The number of rotatable bonds is 4. The molecule has 0 saturated carbocycles. The molecule has 0 unspecified atom stereocenters. The largest absolute Gasteiger partial charge is 0.435 e. The van der Waals surface area contributed by atoms with Gasteiger partial charge in [0.2, 0.25) is 0 Å². The van der Waals surface area contributed by atoms with E-state index in [1.807, 2.05) is 0 Å². The predicted molar refractivity (Wildman–Crippen MR) is 98.3 cm³/mol. The number of fused-ring (bicyclic) bond motifs is 1. The second-order valence-electron chi connectivity index (χ2n) is 6.08. The van der Waals surface area contributed by atoms with Crippen LogP contribution in [0.25, 0.3) is 11.1 Å². The third-order valence-electron chi connectivity index (χ3n) is 4.21. The minimum atomic E-state index is -3.52. The smallest absolute Gasteiger partial charge is 0.366 e. The van der Waals surface area contributed by atoms with Crippen LogP contribution >= 0.6 is 11.6 Å². The number of hydrazone groups is 1. The van der Waals surface area contributed by atoms with Crippen molar-refractivity contribution in [1.29, 1.82) is 0 Å². The molecule has 1 fully saturated rings. The number of para-hydroxylation sites is 2. The van der Waals surface area contributed by atoms with E-state index in [2.05, 4.69) is 10.1 Å². The molecule has 3 aromatic rings. The topological polar surface area (TPSA) is 50.9 Å². The van der Waals surface area contributed by atoms with Crippen molar-refractivity contribution in [2.75, 3.05) is 26.3 Å². The van der Waals surface area contributed by atoms with E-state index < -0.39 is 17.5 Å². The van der Waals surface area contributed by atoms with Crippen LogP contribution in [-0.4, -0.2) is 42.0 Å². The van der Waals surface area contributed by atoms with Gasteiger partial charge in [-0.1, -0.05) is 35.9 Å². The molecule has 140 valence electrons. The number of alkyl halides is 2. The van der Waals surface area contributed by atoms with Crippen LogP contribution in [0.2, 0.25) is 5.02 Å². The molecule has 2 aromatic carbocycles. The van der Waals surface area contributed by atoms with Gasteiger partial charge >= 0.3 is 5.92 Å². The van der Waals surface area contributed by atoms with Crippen LogP contribution in [0.1, 0.15) is 11.5 Å². The van der Waals surface area contributed by atoms with E-state index in [4.69, 9.17) is 20.8 Å². The van der Waals surface area contributed by atoms with Crippen molar-refractivity contribution < 1.29 is 17.9 Å². The Hall–Kier alpha value is -2.51. The summed E-state index contributed by atoms with van der Waals surface area (Å²) < 4.78 is 41.4. The van der Waals surface area contributed by atoms with Gasteiger partial charge < -0.3 is 9.15 Å². The van der Waals surface area contributed by atoms with Crippen molar-refractivity contribution in [2.45, 2.75) is 5.92 Å². The number of benzene rings is 2. The van der Waals surface area contributed by atoms with Gasteiger partial charge in [0.15, 0.2) is 5.58 Å². The molecule has 0 spiro atoms. The van der Waals surface area contributed by atoms with Gasteiger partial charge in [-0.05, 0) is 24.3 Å². The lowest BCUT2D eigenvalue weighted by atomic mass is 10.0. The Kier molecular flexibility index (Phi) is 4.80. The zero-order valence-corrected chi connectivity index (χ0v) is 15.0. The molecule has 1 aliphatic rings. The number of hydrogen-bond acceptors (Lipinski definition) is 5. The van der Waals surface area contributed by atoms with E-state index in [1.165, 1.54) is 12.1 Å². The van der Waals surface area contributed by atoms with Gasteiger partial charge in [-0.3, -0.25) is 5.01 Å². The zero-order valence-electron chi connectivity index (χ0n) is 14.2. The van der Waals surface area contributed by atoms with Crippen LogP contribution in [0.5, 0.6) is 0 Å². The van der Waals surface area contributed by atoms with E-state index in [0.29, 0.717) is 42.4 Å². The lowest BCUT2D eigenvalue weighted by molar-refractivity contribution is 0.0274. The average molecular weight is 392 g/mol. The van der Waals surface area contributed by atoms with E-state index in [1.54, 1.807) is 41.4 Å². The molecule has 27 heavy (non-hydrogen) atoms. The fourth-order valence-corrected chi connectivity index (χ4v) is 2.94. The van der Waals surface area contributed by atoms with Crippen molar-refractivity contribution >= 4 is 28.4 Å². The van der Waals surface area contributed by atoms with Crippen LogP contribution in [0.15, 0.2) is 58.0 Å². The Bertz CT molecular complexity index is 934. The number of aromatic nitrogens is 1. The van der Waals surface area contributed by atoms with Gasteiger partial charge in [0.25, 0.3) is 5.89 Å². The van der Waals surface area contributed by atoms with Gasteiger partial charge in [-0.2, -0.15) is 13.9 Å². The highest BCUT2D eigenvalue weighted by Gasteiger charge is 2.45. The quantitative estimate of drug-likeness (QED) is 0.622. The summed E-state index contributed by atoms with van der Waals surface area (Å²) in [5, 5.41) is 6.26. The standard InChI is InChI=1S/C19H16ClF2N3O2/c20-14-7-5-13(6-8-14)17(24-25-9-11-26-12-10-25)19(21,22)18-23-15-3-1-2-4-16(15)27-18/h1-8H,9-12H2/b24-17+. The van der Waals surface area contributed by atoms with Crippen molar-refractivity contribution in [1.82, 2.24) is 9.99 Å². The minimum Gasteiger partial charge on any atom is -0.435 e. The molecular weight excluding hydrogens is 376 g/mol. The molecule has 0 N–H and O–H groups in total. The monoisotopic (exact) mass is 391 g/mol. The maximum atomic E-state index is 15.4. The van der Waals surface area contributed by atoms with Crippen LogP contribution in [0.3, 0.4) is 0 Å². The fraction of sp³-hybridized carbons (Fsp3) is 0.263. The van der Waals surface area contributed by atoms with Crippen LogP contribution in [-0.2, 0) is 10.7 Å². The summed E-state index contributed by atoms with van der Waals surface area (Å²) >= 11 is 5.91. The summed E-state index contributed by atoms with van der Waals surface area (Å²) in [6.07, 6.45) is 0. The van der Waals surface area contributed by atoms with Crippen LogP contribution < -0.4 is 0 Å². The first-order valence-corrected chi connectivity index (χ1v) is 8.83. The Morgan fingerprint density at radius 1 is 1.07 bits per heavy atom. The number of morpholine rings is 1. The number of hydrogen-bond donors (Lipinski definition) is 0. The van der Waals surface area contributed by atoms with Gasteiger partial charge in [0.1, 0.15) is 11.2 Å². The average Bonchev–Trinajstić information content (AvgIpc) is 3.13. The summed E-state index contributed by atoms with van der Waals surface area (Å²) in [7, 11) is 0. The van der Waals surface area contributed by atoms with Gasteiger partial charge in [-0.25, -0.2) is 4.98 Å². The molecule has 0 atom stereocenters. The number of halogens is 3. The third-order valence-corrected chi connectivity index (χ3v) is 4.46. The highest BCUT2D eigenvalue weighted by molar-refractivity contribution is 6.30. The molecule has 5 nitrogen and oxygen atoms in total. The third kappa shape index (κ3) is 3.65. The molecule has 2 heterocycles. The van der Waals surface area contributed by atoms with E-state index in [9.17, 15) is 0 Å². The molecule has 0 bridgehead atoms. The number of ether oxygens (including phenoxy) is 1. The van der Waals surface area contributed by atoms with Crippen molar-refractivity contribution in [3.8, 4) is 0 Å². The second kappa shape index (κ2) is 7.25. The Morgan fingerprint density at radius 3 is 2.48 bits per heavy atom. The van der Waals surface area contributed by atoms with Crippen LogP contribution in [0, 0.1) is 0 Å². The normalized spacial score (nSPS) is 16.1. The molecule has 1 aromatic heterocycles.